The Morgan fingerprint density at radius 2 is 1.90 bits per heavy atom. The molecule has 0 aliphatic carbocycles. The summed E-state index contributed by atoms with van der Waals surface area (Å²) in [5, 5.41) is 23.6. The number of para-hydroxylation sites is 1. The minimum Gasteiger partial charge on any atom is -0.387 e. The van der Waals surface area contributed by atoms with Crippen LogP contribution in [0.3, 0.4) is 0 Å². The maximum absolute atomic E-state index is 10.9. The van der Waals surface area contributed by atoms with Gasteiger partial charge in [-0.3, -0.25) is 9.09 Å². The minimum atomic E-state index is -4.74. The van der Waals surface area contributed by atoms with Crippen LogP contribution in [0.2, 0.25) is 0 Å². The second kappa shape index (κ2) is 7.76. The molecule has 1 saturated heterocycles. The van der Waals surface area contributed by atoms with Crippen LogP contribution < -0.4 is 5.32 Å². The zero-order valence-corrected chi connectivity index (χ0v) is 15.7. The zero-order valence-electron chi connectivity index (χ0n) is 14.8. The molecule has 0 amide bonds. The Kier molecular flexibility index (Phi) is 5.32. The van der Waals surface area contributed by atoms with Crippen molar-refractivity contribution in [3.8, 4) is 0 Å². The van der Waals surface area contributed by atoms with Gasteiger partial charge in [-0.2, -0.15) is 0 Å². The Hall–Kier alpha value is -2.44. The molecule has 154 valence electrons. The number of fused-ring (bicyclic) bond motifs is 1. The molecule has 1 aromatic carbocycles. The molecular formula is C16H18N5O7P. The number of imidazole rings is 1. The lowest BCUT2D eigenvalue weighted by Gasteiger charge is -2.16. The van der Waals surface area contributed by atoms with Gasteiger partial charge in [0.2, 0.25) is 0 Å². The van der Waals surface area contributed by atoms with Crippen molar-refractivity contribution in [2.45, 2.75) is 24.5 Å². The number of nitrogens with one attached hydrogen (secondary N) is 1. The molecule has 5 N–H and O–H groups in total. The smallest absolute Gasteiger partial charge is 0.387 e. The van der Waals surface area contributed by atoms with E-state index < -0.39 is 39.0 Å². The molecule has 1 fully saturated rings. The minimum absolute atomic E-state index is 0.339. The SMILES string of the molecule is O=P(O)(O)OC[C@H]1O[C@@H](n2cnc3c(Nc4ccccc4)ncnc32)C(O)[C@@H]1O. The van der Waals surface area contributed by atoms with Gasteiger partial charge in [0, 0.05) is 5.69 Å². The lowest BCUT2D eigenvalue weighted by molar-refractivity contribution is -0.0504. The summed E-state index contributed by atoms with van der Waals surface area (Å²) in [5.41, 5.74) is 1.55. The Bertz CT molecular complexity index is 1040. The third-order valence-electron chi connectivity index (χ3n) is 4.41. The van der Waals surface area contributed by atoms with Gasteiger partial charge in [0.25, 0.3) is 0 Å². The van der Waals surface area contributed by atoms with E-state index in [1.54, 1.807) is 0 Å². The van der Waals surface area contributed by atoms with Crippen LogP contribution in [0, 0.1) is 0 Å². The van der Waals surface area contributed by atoms with Crippen molar-refractivity contribution in [3.63, 3.8) is 0 Å². The monoisotopic (exact) mass is 423 g/mol. The van der Waals surface area contributed by atoms with Crippen molar-refractivity contribution in [3.05, 3.63) is 43.0 Å². The van der Waals surface area contributed by atoms with E-state index in [9.17, 15) is 14.8 Å². The van der Waals surface area contributed by atoms with Gasteiger partial charge in [-0.1, -0.05) is 18.2 Å². The van der Waals surface area contributed by atoms with Crippen LogP contribution in [-0.4, -0.2) is 64.4 Å². The van der Waals surface area contributed by atoms with Crippen molar-refractivity contribution in [1.82, 2.24) is 19.5 Å². The van der Waals surface area contributed by atoms with Gasteiger partial charge in [-0.05, 0) is 12.1 Å². The largest absolute Gasteiger partial charge is 0.469 e. The Labute approximate surface area is 164 Å². The molecule has 2 aromatic heterocycles. The van der Waals surface area contributed by atoms with E-state index in [2.05, 4.69) is 24.8 Å². The van der Waals surface area contributed by atoms with Crippen molar-refractivity contribution in [2.75, 3.05) is 11.9 Å². The highest BCUT2D eigenvalue weighted by atomic mass is 31.2. The molecule has 4 atom stereocenters. The highest BCUT2D eigenvalue weighted by Crippen LogP contribution is 2.39. The van der Waals surface area contributed by atoms with Crippen LogP contribution in [0.5, 0.6) is 0 Å². The summed E-state index contributed by atoms with van der Waals surface area (Å²) < 4.78 is 22.2. The molecule has 0 spiro atoms. The normalized spacial score (nSPS) is 24.8. The van der Waals surface area contributed by atoms with Crippen molar-refractivity contribution < 1.29 is 33.8 Å². The summed E-state index contributed by atoms with van der Waals surface area (Å²) in [6, 6.07) is 9.33. The molecule has 4 rings (SSSR count). The van der Waals surface area contributed by atoms with Gasteiger partial charge in [0.05, 0.1) is 12.9 Å². The third-order valence-corrected chi connectivity index (χ3v) is 4.90. The number of rotatable bonds is 6. The highest BCUT2D eigenvalue weighted by Gasteiger charge is 2.45. The van der Waals surface area contributed by atoms with Crippen LogP contribution in [0.15, 0.2) is 43.0 Å². The third kappa shape index (κ3) is 4.14. The predicted molar refractivity (Wildman–Crippen MR) is 99.0 cm³/mol. The summed E-state index contributed by atoms with van der Waals surface area (Å²) in [4.78, 5) is 30.3. The van der Waals surface area contributed by atoms with Gasteiger partial charge in [-0.25, -0.2) is 19.5 Å². The van der Waals surface area contributed by atoms with Crippen LogP contribution in [0.25, 0.3) is 11.2 Å². The molecule has 12 nitrogen and oxygen atoms in total. The second-order valence-corrected chi connectivity index (χ2v) is 7.61. The van der Waals surface area contributed by atoms with Gasteiger partial charge < -0.3 is 30.1 Å². The first-order valence-electron chi connectivity index (χ1n) is 8.55. The highest BCUT2D eigenvalue weighted by molar-refractivity contribution is 7.46. The van der Waals surface area contributed by atoms with E-state index in [0.29, 0.717) is 17.0 Å². The van der Waals surface area contributed by atoms with Crippen molar-refractivity contribution in [1.29, 1.82) is 0 Å². The molecule has 13 heteroatoms. The van der Waals surface area contributed by atoms with Crippen LogP contribution in [-0.2, 0) is 13.8 Å². The molecule has 0 radical (unpaired) electrons. The number of benzene rings is 1. The number of hydrogen-bond acceptors (Lipinski definition) is 9. The van der Waals surface area contributed by atoms with Crippen LogP contribution >= 0.6 is 7.82 Å². The number of phosphoric acid groups is 1. The quantitative estimate of drug-likeness (QED) is 0.345. The molecule has 0 saturated carbocycles. The average Bonchev–Trinajstić information content (AvgIpc) is 3.23. The first-order valence-corrected chi connectivity index (χ1v) is 10.1. The van der Waals surface area contributed by atoms with Crippen molar-refractivity contribution in [2.24, 2.45) is 0 Å². The number of aromatic nitrogens is 4. The summed E-state index contributed by atoms with van der Waals surface area (Å²) in [6.07, 6.45) is -2.35. The Balaban J connectivity index is 1.60. The maximum atomic E-state index is 10.9. The number of ether oxygens (including phenoxy) is 1. The fourth-order valence-corrected chi connectivity index (χ4v) is 3.40. The molecule has 1 aliphatic heterocycles. The van der Waals surface area contributed by atoms with E-state index in [4.69, 9.17) is 14.5 Å². The van der Waals surface area contributed by atoms with E-state index in [0.717, 1.165) is 5.69 Å². The van der Waals surface area contributed by atoms with Crippen LogP contribution in [0.1, 0.15) is 6.23 Å². The predicted octanol–water partition coefficient (Wildman–Crippen LogP) is 0.298. The van der Waals surface area contributed by atoms with Gasteiger partial charge >= 0.3 is 7.82 Å². The molecule has 3 heterocycles. The Morgan fingerprint density at radius 1 is 1.14 bits per heavy atom. The topological polar surface area (TPSA) is 172 Å². The number of anilines is 2. The number of aliphatic hydroxyl groups excluding tert-OH is 2. The second-order valence-electron chi connectivity index (χ2n) is 6.37. The van der Waals surface area contributed by atoms with E-state index in [-0.39, 0.29) is 0 Å². The zero-order chi connectivity index (χ0) is 20.6. The lowest BCUT2D eigenvalue weighted by Crippen LogP contribution is -2.33. The standard InChI is InChI=1S/C16H18N5O7P/c22-12-10(6-27-29(24,25)26)28-16(13(12)23)21-8-19-11-14(17-7-18-15(11)21)20-9-4-2-1-3-5-9/h1-5,7-8,10,12-13,16,22-23H,6H2,(H,17,18,20)(H2,24,25,26)/t10-,12-,13?,16-/m1/s1. The summed E-state index contributed by atoms with van der Waals surface area (Å²) >= 11 is 0. The van der Waals surface area contributed by atoms with E-state index in [1.165, 1.54) is 17.2 Å². The first-order chi connectivity index (χ1) is 13.8. The number of phosphoric ester groups is 1. The molecule has 29 heavy (non-hydrogen) atoms. The first kappa shape index (κ1) is 19.9. The summed E-state index contributed by atoms with van der Waals surface area (Å²) in [6.45, 7) is -0.596. The molecular weight excluding hydrogens is 405 g/mol. The Morgan fingerprint density at radius 3 is 2.62 bits per heavy atom. The maximum Gasteiger partial charge on any atom is 0.469 e. The molecule has 3 aromatic rings. The average molecular weight is 423 g/mol. The number of hydrogen-bond donors (Lipinski definition) is 5. The van der Waals surface area contributed by atoms with Crippen molar-refractivity contribution >= 4 is 30.5 Å². The van der Waals surface area contributed by atoms with E-state index >= 15 is 0 Å². The summed E-state index contributed by atoms with van der Waals surface area (Å²) in [7, 11) is -4.74. The fraction of sp³-hybridized carbons (Fsp3) is 0.312. The van der Waals surface area contributed by atoms with Gasteiger partial charge in [0.1, 0.15) is 24.6 Å². The van der Waals surface area contributed by atoms with E-state index in [1.807, 2.05) is 30.3 Å². The molecule has 1 unspecified atom stereocenters. The number of nitrogens with zero attached hydrogens (tertiary/aromatic N) is 4. The van der Waals surface area contributed by atoms with Gasteiger partial charge in [-0.15, -0.1) is 0 Å². The number of aliphatic hydroxyl groups is 2. The molecule has 0 bridgehead atoms. The lowest BCUT2D eigenvalue weighted by atomic mass is 10.1. The molecule has 1 aliphatic rings. The fourth-order valence-electron chi connectivity index (χ4n) is 3.06. The van der Waals surface area contributed by atoms with Gasteiger partial charge in [0.15, 0.2) is 23.2 Å². The summed E-state index contributed by atoms with van der Waals surface area (Å²) in [5.74, 6) is 0.439. The van der Waals surface area contributed by atoms with Crippen LogP contribution in [0.4, 0.5) is 11.5 Å².